The van der Waals surface area contributed by atoms with E-state index in [1.165, 1.54) is 16.4 Å². The Hall–Kier alpha value is -1.92. The highest BCUT2D eigenvalue weighted by atomic mass is 35.5. The van der Waals surface area contributed by atoms with Gasteiger partial charge < -0.3 is 4.42 Å². The summed E-state index contributed by atoms with van der Waals surface area (Å²) in [6.45, 7) is 0.266. The first-order valence-electron chi connectivity index (χ1n) is 10.0. The van der Waals surface area contributed by atoms with Crippen LogP contribution in [0.1, 0.15) is 25.2 Å². The fourth-order valence-corrected chi connectivity index (χ4v) is 7.50. The molecule has 32 heavy (non-hydrogen) atoms. The van der Waals surface area contributed by atoms with Gasteiger partial charge in [-0.3, -0.25) is 10.1 Å². The van der Waals surface area contributed by atoms with Gasteiger partial charge in [-0.2, -0.15) is 4.31 Å². The van der Waals surface area contributed by atoms with Crippen LogP contribution in [0.2, 0.25) is 4.34 Å². The van der Waals surface area contributed by atoms with Crippen molar-refractivity contribution in [2.45, 2.75) is 40.8 Å². The number of carbonyl (C=O) groups excluding carboxylic acids is 1. The second-order valence-electron chi connectivity index (χ2n) is 7.09. The Labute approximate surface area is 199 Å². The summed E-state index contributed by atoms with van der Waals surface area (Å²) in [4.78, 5) is 14.0. The van der Waals surface area contributed by atoms with Crippen molar-refractivity contribution < 1.29 is 17.6 Å². The molecule has 12 heteroatoms. The van der Waals surface area contributed by atoms with Crippen LogP contribution in [0, 0.1) is 0 Å². The van der Waals surface area contributed by atoms with Gasteiger partial charge in [0.25, 0.3) is 10.0 Å². The van der Waals surface area contributed by atoms with Crippen LogP contribution in [0.25, 0.3) is 0 Å². The van der Waals surface area contributed by atoms with E-state index in [1.807, 2.05) is 30.3 Å². The molecule has 0 radical (unpaired) electrons. The number of hydrogen-bond acceptors (Lipinski definition) is 8. The van der Waals surface area contributed by atoms with E-state index >= 15 is 0 Å². The minimum absolute atomic E-state index is 0.0307. The third kappa shape index (κ3) is 5.52. The molecule has 1 saturated heterocycles. The molecule has 1 aliphatic rings. The number of nitrogens with one attached hydrogen (secondary N) is 1. The van der Waals surface area contributed by atoms with Crippen molar-refractivity contribution in [3.63, 3.8) is 0 Å². The minimum atomic E-state index is -3.82. The van der Waals surface area contributed by atoms with Crippen molar-refractivity contribution in [1.29, 1.82) is 0 Å². The summed E-state index contributed by atoms with van der Waals surface area (Å²) in [6.07, 6.45) is 2.40. The molecule has 2 aromatic heterocycles. The molecule has 0 bridgehead atoms. The molecule has 1 aromatic carbocycles. The summed E-state index contributed by atoms with van der Waals surface area (Å²) < 4.78 is 33.4. The maximum atomic E-state index is 13.1. The van der Waals surface area contributed by atoms with Gasteiger partial charge in [-0.1, -0.05) is 41.3 Å². The predicted molar refractivity (Wildman–Crippen MR) is 125 cm³/mol. The molecule has 1 atom stereocenters. The highest BCUT2D eigenvalue weighted by Gasteiger charge is 2.38. The Morgan fingerprint density at radius 1 is 1.22 bits per heavy atom. The second kappa shape index (κ2) is 10.3. The average molecular weight is 513 g/mol. The van der Waals surface area contributed by atoms with Crippen LogP contribution in [0.4, 0.5) is 6.01 Å². The van der Waals surface area contributed by atoms with Gasteiger partial charge in [0.1, 0.15) is 10.3 Å². The normalized spacial score (nSPS) is 17.3. The van der Waals surface area contributed by atoms with Gasteiger partial charge in [0.15, 0.2) is 0 Å². The van der Waals surface area contributed by atoms with Crippen LogP contribution in [-0.4, -0.2) is 47.2 Å². The molecule has 1 N–H and O–H groups in total. The van der Waals surface area contributed by atoms with Gasteiger partial charge in [0, 0.05) is 23.6 Å². The van der Waals surface area contributed by atoms with Gasteiger partial charge in [0.2, 0.25) is 11.8 Å². The van der Waals surface area contributed by atoms with Gasteiger partial charge in [-0.25, -0.2) is 8.42 Å². The first kappa shape index (κ1) is 23.2. The quantitative estimate of drug-likeness (QED) is 0.448. The molecule has 3 aromatic rings. The zero-order chi connectivity index (χ0) is 22.6. The maximum absolute atomic E-state index is 13.1. The number of nitrogens with zero attached hydrogens (tertiary/aromatic N) is 3. The maximum Gasteiger partial charge on any atom is 0.322 e. The Morgan fingerprint density at radius 2 is 2.03 bits per heavy atom. The lowest BCUT2D eigenvalue weighted by atomic mass is 10.0. The molecule has 1 unspecified atom stereocenters. The summed E-state index contributed by atoms with van der Waals surface area (Å²) in [7, 11) is -3.82. The van der Waals surface area contributed by atoms with Crippen molar-refractivity contribution >= 4 is 56.6 Å². The van der Waals surface area contributed by atoms with Crippen LogP contribution in [0.3, 0.4) is 0 Å². The number of anilines is 1. The number of thiophene rings is 1. The summed E-state index contributed by atoms with van der Waals surface area (Å²) in [5.41, 5.74) is 0. The van der Waals surface area contributed by atoms with E-state index in [2.05, 4.69) is 15.5 Å². The smallest absolute Gasteiger partial charge is 0.322 e. The van der Waals surface area contributed by atoms with Crippen molar-refractivity contribution in [3.05, 3.63) is 52.7 Å². The lowest BCUT2D eigenvalue weighted by Crippen LogP contribution is -2.49. The van der Waals surface area contributed by atoms with Crippen LogP contribution in [-0.2, 0) is 21.2 Å². The molecule has 1 amide bonds. The minimum Gasteiger partial charge on any atom is -0.408 e. The van der Waals surface area contributed by atoms with E-state index in [9.17, 15) is 13.2 Å². The number of benzene rings is 1. The number of amides is 1. The highest BCUT2D eigenvalue weighted by Crippen LogP contribution is 2.32. The monoisotopic (exact) mass is 512 g/mol. The Balaban J connectivity index is 1.38. The zero-order valence-corrected chi connectivity index (χ0v) is 20.1. The largest absolute Gasteiger partial charge is 0.408 e. The number of hydrogen-bond donors (Lipinski definition) is 1. The molecule has 1 aliphatic heterocycles. The van der Waals surface area contributed by atoms with E-state index in [0.29, 0.717) is 29.5 Å². The van der Waals surface area contributed by atoms with Gasteiger partial charge >= 0.3 is 6.01 Å². The van der Waals surface area contributed by atoms with E-state index < -0.39 is 22.0 Å². The van der Waals surface area contributed by atoms with E-state index in [-0.39, 0.29) is 16.8 Å². The lowest BCUT2D eigenvalue weighted by molar-refractivity contribution is -0.120. The number of thioether (sulfide) groups is 1. The number of aryl methyl sites for hydroxylation is 1. The molecule has 0 spiro atoms. The Bertz CT molecular complexity index is 1170. The third-order valence-corrected chi connectivity index (χ3v) is 9.51. The van der Waals surface area contributed by atoms with Crippen molar-refractivity contribution in [3.8, 4) is 0 Å². The number of rotatable bonds is 8. The second-order valence-corrected chi connectivity index (χ2v) is 12.1. The van der Waals surface area contributed by atoms with Crippen molar-refractivity contribution in [2.24, 2.45) is 0 Å². The molecule has 3 heterocycles. The fraction of sp³-hybridized carbons (Fsp3) is 0.350. The summed E-state index contributed by atoms with van der Waals surface area (Å²) >= 11 is 8.56. The summed E-state index contributed by atoms with van der Waals surface area (Å²) in [5.74, 6) is 0.673. The van der Waals surface area contributed by atoms with Crippen LogP contribution < -0.4 is 5.32 Å². The number of aromatic nitrogens is 2. The van der Waals surface area contributed by atoms with Crippen LogP contribution >= 0.6 is 34.7 Å². The molecular formula is C20H21ClN4O4S3. The first-order valence-corrected chi connectivity index (χ1v) is 13.6. The van der Waals surface area contributed by atoms with Gasteiger partial charge in [-0.15, -0.1) is 28.2 Å². The standard InChI is InChI=1S/C20H21ClN4O4S3/c21-16-9-10-18(31-16)32(27,28)25-12-5-4-8-15(25)19(26)22-20-24-23-17(29-20)11-13-30-14-6-2-1-3-7-14/h1-3,6-7,9-10,15H,4-5,8,11-13H2,(H,22,24,26). The number of sulfonamides is 1. The highest BCUT2D eigenvalue weighted by molar-refractivity contribution is 7.99. The lowest BCUT2D eigenvalue weighted by Gasteiger charge is -2.32. The van der Waals surface area contributed by atoms with Gasteiger partial charge in [-0.05, 0) is 37.1 Å². The van der Waals surface area contributed by atoms with E-state index in [0.717, 1.165) is 28.4 Å². The molecule has 170 valence electrons. The van der Waals surface area contributed by atoms with Gasteiger partial charge in [0.05, 0.1) is 4.34 Å². The Kier molecular flexibility index (Phi) is 7.51. The molecular weight excluding hydrogens is 492 g/mol. The average Bonchev–Trinajstić information content (AvgIpc) is 3.44. The molecule has 0 saturated carbocycles. The third-order valence-electron chi connectivity index (χ3n) is 4.89. The molecule has 1 fully saturated rings. The van der Waals surface area contributed by atoms with E-state index in [1.54, 1.807) is 11.8 Å². The topological polar surface area (TPSA) is 105 Å². The van der Waals surface area contributed by atoms with Crippen LogP contribution in [0.15, 0.2) is 56.0 Å². The predicted octanol–water partition coefficient (Wildman–Crippen LogP) is 4.30. The van der Waals surface area contributed by atoms with Crippen molar-refractivity contribution in [2.75, 3.05) is 17.6 Å². The number of carbonyl (C=O) groups is 1. The number of piperidine rings is 1. The van der Waals surface area contributed by atoms with Crippen molar-refractivity contribution in [1.82, 2.24) is 14.5 Å². The summed E-state index contributed by atoms with van der Waals surface area (Å²) in [6, 6.07) is 12.1. The number of halogens is 1. The summed E-state index contributed by atoms with van der Waals surface area (Å²) in [5, 5.41) is 10.4. The van der Waals surface area contributed by atoms with Crippen LogP contribution in [0.5, 0.6) is 0 Å². The van der Waals surface area contributed by atoms with E-state index in [4.69, 9.17) is 16.0 Å². The molecule has 8 nitrogen and oxygen atoms in total. The fourth-order valence-electron chi connectivity index (χ4n) is 3.37. The molecule has 4 rings (SSSR count). The SMILES string of the molecule is O=C(Nc1nnc(CCSc2ccccc2)o1)C1CCCCN1S(=O)(=O)c1ccc(Cl)s1. The zero-order valence-electron chi connectivity index (χ0n) is 16.9. The molecule has 0 aliphatic carbocycles. The first-order chi connectivity index (χ1) is 15.4. The Morgan fingerprint density at radius 3 is 2.78 bits per heavy atom.